The molecule has 1 aliphatic rings. The molecule has 0 radical (unpaired) electrons. The Labute approximate surface area is 195 Å². The van der Waals surface area contributed by atoms with E-state index in [1.165, 1.54) is 0 Å². The summed E-state index contributed by atoms with van der Waals surface area (Å²) in [6, 6.07) is 16.3. The van der Waals surface area contributed by atoms with Crippen LogP contribution in [-0.4, -0.2) is 49.4 Å². The van der Waals surface area contributed by atoms with Crippen molar-refractivity contribution >= 4 is 12.2 Å². The van der Waals surface area contributed by atoms with Gasteiger partial charge in [0.2, 0.25) is 5.95 Å². The Bertz CT molecular complexity index is 1250. The standard InChI is InChI=1S/C24H23N5O5/c1-31-19-8-7-16(13-20(19)32-10-9-21-33-11-12-34-21)15-26-29-24-27-22(17-5-3-2-4-6-17)18(14-25)23(30)28-24/h2-8,13,15,21H,9-12H2,1H3,(H2,27,28,29,30). The number of hydrogen-bond acceptors (Lipinski definition) is 9. The lowest BCUT2D eigenvalue weighted by Gasteiger charge is -2.13. The Morgan fingerprint density at radius 3 is 2.76 bits per heavy atom. The zero-order chi connectivity index (χ0) is 23.8. The van der Waals surface area contributed by atoms with Crippen LogP contribution in [0.3, 0.4) is 0 Å². The lowest BCUT2D eigenvalue weighted by atomic mass is 10.1. The fraction of sp³-hybridized carbons (Fsp3) is 0.250. The van der Waals surface area contributed by atoms with Gasteiger partial charge < -0.3 is 18.9 Å². The van der Waals surface area contributed by atoms with E-state index in [0.29, 0.717) is 43.3 Å². The normalized spacial score (nSPS) is 13.6. The van der Waals surface area contributed by atoms with E-state index < -0.39 is 5.56 Å². The van der Waals surface area contributed by atoms with E-state index in [2.05, 4.69) is 20.5 Å². The van der Waals surface area contributed by atoms with E-state index in [-0.39, 0.29) is 23.5 Å². The third kappa shape index (κ3) is 5.58. The van der Waals surface area contributed by atoms with Crippen LogP contribution in [0, 0.1) is 11.3 Å². The number of anilines is 1. The van der Waals surface area contributed by atoms with Gasteiger partial charge in [-0.15, -0.1) is 0 Å². The highest BCUT2D eigenvalue weighted by Gasteiger charge is 2.16. The summed E-state index contributed by atoms with van der Waals surface area (Å²) in [6.07, 6.45) is 1.91. The second kappa shape index (κ2) is 11.1. The van der Waals surface area contributed by atoms with Crippen molar-refractivity contribution in [2.75, 3.05) is 32.4 Å². The monoisotopic (exact) mass is 461 g/mol. The molecule has 0 amide bonds. The van der Waals surface area contributed by atoms with Gasteiger partial charge in [-0.1, -0.05) is 30.3 Å². The summed E-state index contributed by atoms with van der Waals surface area (Å²) in [5.74, 6) is 1.25. The van der Waals surface area contributed by atoms with Gasteiger partial charge in [0.1, 0.15) is 11.6 Å². The molecule has 3 aromatic rings. The zero-order valence-electron chi connectivity index (χ0n) is 18.5. The number of nitriles is 1. The van der Waals surface area contributed by atoms with Crippen molar-refractivity contribution in [3.8, 4) is 28.8 Å². The summed E-state index contributed by atoms with van der Waals surface area (Å²) >= 11 is 0. The Kier molecular flexibility index (Phi) is 7.49. The number of ether oxygens (including phenoxy) is 4. The smallest absolute Gasteiger partial charge is 0.270 e. The molecule has 0 unspecified atom stereocenters. The van der Waals surface area contributed by atoms with Crippen molar-refractivity contribution in [1.29, 1.82) is 5.26 Å². The molecule has 0 bridgehead atoms. The van der Waals surface area contributed by atoms with Crippen LogP contribution in [0.15, 0.2) is 58.4 Å². The summed E-state index contributed by atoms with van der Waals surface area (Å²) < 4.78 is 22.0. The van der Waals surface area contributed by atoms with Gasteiger partial charge in [-0.3, -0.25) is 9.78 Å². The van der Waals surface area contributed by atoms with E-state index in [4.69, 9.17) is 18.9 Å². The van der Waals surface area contributed by atoms with Crippen LogP contribution in [0.2, 0.25) is 0 Å². The molecule has 0 atom stereocenters. The molecule has 1 aliphatic heterocycles. The highest BCUT2D eigenvalue weighted by Crippen LogP contribution is 2.28. The molecule has 1 fully saturated rings. The first kappa shape index (κ1) is 23.0. The van der Waals surface area contributed by atoms with E-state index in [0.717, 1.165) is 5.56 Å². The number of aromatic nitrogens is 2. The molecule has 2 aromatic carbocycles. The van der Waals surface area contributed by atoms with Crippen molar-refractivity contribution in [1.82, 2.24) is 9.97 Å². The largest absolute Gasteiger partial charge is 0.493 e. The minimum atomic E-state index is -0.551. The predicted octanol–water partition coefficient (Wildman–Crippen LogP) is 2.90. The van der Waals surface area contributed by atoms with Crippen molar-refractivity contribution < 1.29 is 18.9 Å². The lowest BCUT2D eigenvalue weighted by Crippen LogP contribution is -2.16. The minimum absolute atomic E-state index is 0.0638. The molecule has 174 valence electrons. The van der Waals surface area contributed by atoms with Crippen molar-refractivity contribution in [3.63, 3.8) is 0 Å². The molecular formula is C24H23N5O5. The first-order valence-corrected chi connectivity index (χ1v) is 10.6. The Morgan fingerprint density at radius 1 is 1.24 bits per heavy atom. The molecule has 10 heteroatoms. The van der Waals surface area contributed by atoms with Crippen LogP contribution < -0.4 is 20.5 Å². The average molecular weight is 461 g/mol. The van der Waals surface area contributed by atoms with Crippen molar-refractivity contribution in [3.05, 3.63) is 70.0 Å². The first-order chi connectivity index (χ1) is 16.7. The minimum Gasteiger partial charge on any atom is -0.493 e. The zero-order valence-corrected chi connectivity index (χ0v) is 18.5. The van der Waals surface area contributed by atoms with Crippen LogP contribution >= 0.6 is 0 Å². The molecule has 0 aliphatic carbocycles. The first-order valence-electron chi connectivity index (χ1n) is 10.6. The van der Waals surface area contributed by atoms with Crippen LogP contribution in [-0.2, 0) is 9.47 Å². The number of rotatable bonds is 9. The quantitative estimate of drug-likeness (QED) is 0.367. The van der Waals surface area contributed by atoms with Crippen molar-refractivity contribution in [2.24, 2.45) is 5.10 Å². The topological polar surface area (TPSA) is 131 Å². The third-order valence-corrected chi connectivity index (χ3v) is 4.95. The predicted molar refractivity (Wildman–Crippen MR) is 125 cm³/mol. The fourth-order valence-corrected chi connectivity index (χ4v) is 3.33. The second-order valence-corrected chi connectivity index (χ2v) is 7.20. The number of hydrazone groups is 1. The number of methoxy groups -OCH3 is 1. The molecule has 10 nitrogen and oxygen atoms in total. The number of aromatic amines is 1. The molecule has 0 saturated carbocycles. The molecule has 2 N–H and O–H groups in total. The van der Waals surface area contributed by atoms with Gasteiger partial charge in [0.25, 0.3) is 5.56 Å². The van der Waals surface area contributed by atoms with E-state index in [9.17, 15) is 10.1 Å². The summed E-state index contributed by atoms with van der Waals surface area (Å²) in [6.45, 7) is 1.59. The van der Waals surface area contributed by atoms with Crippen LogP contribution in [0.25, 0.3) is 11.3 Å². The molecule has 1 saturated heterocycles. The van der Waals surface area contributed by atoms with Gasteiger partial charge >= 0.3 is 0 Å². The SMILES string of the molecule is COc1ccc(C=NNc2nc(-c3ccccc3)c(C#N)c(=O)[nH]2)cc1OCCC1OCCO1. The lowest BCUT2D eigenvalue weighted by molar-refractivity contribution is -0.0532. The summed E-state index contributed by atoms with van der Waals surface area (Å²) in [7, 11) is 1.57. The summed E-state index contributed by atoms with van der Waals surface area (Å²) in [5, 5.41) is 13.5. The molecule has 2 heterocycles. The molecule has 1 aromatic heterocycles. The third-order valence-electron chi connectivity index (χ3n) is 4.95. The van der Waals surface area contributed by atoms with Crippen LogP contribution in [0.4, 0.5) is 5.95 Å². The highest BCUT2D eigenvalue weighted by molar-refractivity contribution is 5.81. The van der Waals surface area contributed by atoms with Gasteiger partial charge in [-0.05, 0) is 23.8 Å². The molecule has 0 spiro atoms. The Balaban J connectivity index is 1.47. The number of nitrogens with one attached hydrogen (secondary N) is 2. The summed E-state index contributed by atoms with van der Waals surface area (Å²) in [4.78, 5) is 19.2. The fourth-order valence-electron chi connectivity index (χ4n) is 3.33. The van der Waals surface area contributed by atoms with E-state index in [1.807, 2.05) is 30.3 Å². The Morgan fingerprint density at radius 2 is 2.03 bits per heavy atom. The number of hydrogen-bond donors (Lipinski definition) is 2. The van der Waals surface area contributed by atoms with Gasteiger partial charge in [0, 0.05) is 12.0 Å². The maximum atomic E-state index is 12.4. The number of benzene rings is 2. The summed E-state index contributed by atoms with van der Waals surface area (Å²) in [5.41, 5.74) is 3.76. The maximum Gasteiger partial charge on any atom is 0.270 e. The van der Waals surface area contributed by atoms with E-state index >= 15 is 0 Å². The Hall–Kier alpha value is -4.20. The van der Waals surface area contributed by atoms with Crippen LogP contribution in [0.1, 0.15) is 17.5 Å². The molecule has 34 heavy (non-hydrogen) atoms. The average Bonchev–Trinajstić information content (AvgIpc) is 3.38. The van der Waals surface area contributed by atoms with E-state index in [1.54, 1.807) is 37.6 Å². The van der Waals surface area contributed by atoms with Crippen LogP contribution in [0.5, 0.6) is 11.5 Å². The number of nitrogens with zero attached hydrogens (tertiary/aromatic N) is 3. The van der Waals surface area contributed by atoms with Gasteiger partial charge in [0.05, 0.1) is 38.8 Å². The maximum absolute atomic E-state index is 12.4. The molecular weight excluding hydrogens is 438 g/mol. The molecule has 4 rings (SSSR count). The van der Waals surface area contributed by atoms with Crippen molar-refractivity contribution in [2.45, 2.75) is 12.7 Å². The number of H-pyrrole nitrogens is 1. The van der Waals surface area contributed by atoms with Gasteiger partial charge in [-0.25, -0.2) is 10.4 Å². The highest BCUT2D eigenvalue weighted by atomic mass is 16.7. The second-order valence-electron chi connectivity index (χ2n) is 7.20. The van der Waals surface area contributed by atoms with Gasteiger partial charge in [-0.2, -0.15) is 10.4 Å². The van der Waals surface area contributed by atoms with Gasteiger partial charge in [0.15, 0.2) is 17.8 Å².